The zero-order chi connectivity index (χ0) is 19.7. The molecule has 0 aromatic carbocycles. The van der Waals surface area contributed by atoms with Crippen molar-refractivity contribution in [3.63, 3.8) is 0 Å². The van der Waals surface area contributed by atoms with E-state index in [-0.39, 0.29) is 11.5 Å². The van der Waals surface area contributed by atoms with E-state index in [9.17, 15) is 4.79 Å². The smallest absolute Gasteiger partial charge is 0.232 e. The van der Waals surface area contributed by atoms with Gasteiger partial charge in [-0.15, -0.1) is 0 Å². The molecular weight excluding hydrogens is 360 g/mol. The average molecular weight is 391 g/mol. The third kappa shape index (κ3) is 3.35. The summed E-state index contributed by atoms with van der Waals surface area (Å²) in [4.78, 5) is 26.6. The Kier molecular flexibility index (Phi) is 5.08. The molecule has 2 aliphatic heterocycles. The van der Waals surface area contributed by atoms with Crippen molar-refractivity contribution in [2.45, 2.75) is 63.6 Å². The average Bonchev–Trinajstić information content (AvgIpc) is 2.79. The minimum absolute atomic E-state index is 0.145. The fraction of sp³-hybridized carbons (Fsp3) is 0.542. The Bertz CT molecular complexity index is 826. The summed E-state index contributed by atoms with van der Waals surface area (Å²) in [5.41, 5.74) is 2.45. The molecule has 5 nitrogen and oxygen atoms in total. The van der Waals surface area contributed by atoms with Crippen molar-refractivity contribution in [1.82, 2.24) is 19.8 Å². The van der Waals surface area contributed by atoms with Crippen LogP contribution >= 0.6 is 0 Å². The number of aromatic nitrogens is 2. The van der Waals surface area contributed by atoms with Gasteiger partial charge in [0.05, 0.1) is 11.5 Å². The molecule has 0 radical (unpaired) electrons. The molecule has 5 heteroatoms. The molecule has 152 valence electrons. The van der Waals surface area contributed by atoms with E-state index in [0.717, 1.165) is 45.3 Å². The van der Waals surface area contributed by atoms with Gasteiger partial charge in [-0.25, -0.2) is 0 Å². The van der Waals surface area contributed by atoms with Gasteiger partial charge in [-0.2, -0.15) is 0 Å². The Morgan fingerprint density at radius 2 is 1.52 bits per heavy atom. The topological polar surface area (TPSA) is 49.3 Å². The number of carbonyl (C=O) groups excluding carboxylic acids is 1. The van der Waals surface area contributed by atoms with E-state index in [1.807, 2.05) is 24.8 Å². The van der Waals surface area contributed by atoms with Gasteiger partial charge in [0.15, 0.2) is 0 Å². The Labute approximate surface area is 173 Å². The number of carbonyl (C=O) groups is 1. The summed E-state index contributed by atoms with van der Waals surface area (Å²) in [5.74, 6) is 0.423. The Morgan fingerprint density at radius 1 is 0.897 bits per heavy atom. The van der Waals surface area contributed by atoms with Gasteiger partial charge in [0.25, 0.3) is 0 Å². The SMILES string of the molecule is O=C1N(C2CCN(Cc3ccncc3)CC2)C(c2ccncc2)C12CCCCC2. The highest BCUT2D eigenvalue weighted by Crippen LogP contribution is 2.59. The van der Waals surface area contributed by atoms with Crippen molar-refractivity contribution in [2.75, 3.05) is 13.1 Å². The highest BCUT2D eigenvalue weighted by atomic mass is 16.2. The molecular formula is C24H30N4O. The zero-order valence-corrected chi connectivity index (χ0v) is 17.0. The molecule has 2 aromatic heterocycles. The van der Waals surface area contributed by atoms with Crippen LogP contribution in [0, 0.1) is 5.41 Å². The lowest BCUT2D eigenvalue weighted by Crippen LogP contribution is -2.67. The monoisotopic (exact) mass is 390 g/mol. The molecule has 5 rings (SSSR count). The summed E-state index contributed by atoms with van der Waals surface area (Å²) >= 11 is 0. The van der Waals surface area contributed by atoms with Gasteiger partial charge in [-0.3, -0.25) is 19.7 Å². The van der Waals surface area contributed by atoms with E-state index in [1.54, 1.807) is 0 Å². The molecule has 1 amide bonds. The third-order valence-corrected chi connectivity index (χ3v) is 7.34. The first-order valence-corrected chi connectivity index (χ1v) is 11.1. The van der Waals surface area contributed by atoms with E-state index in [0.29, 0.717) is 11.9 Å². The molecule has 1 atom stereocenters. The number of nitrogens with zero attached hydrogens (tertiary/aromatic N) is 4. The Balaban J connectivity index is 1.30. The molecule has 4 heterocycles. The van der Waals surface area contributed by atoms with Gasteiger partial charge in [0.1, 0.15) is 0 Å². The maximum Gasteiger partial charge on any atom is 0.232 e. The minimum atomic E-state index is -0.145. The molecule has 0 N–H and O–H groups in total. The van der Waals surface area contributed by atoms with Crippen molar-refractivity contribution >= 4 is 5.91 Å². The predicted octanol–water partition coefficient (Wildman–Crippen LogP) is 3.98. The minimum Gasteiger partial charge on any atom is -0.331 e. The molecule has 1 unspecified atom stereocenters. The van der Waals surface area contributed by atoms with E-state index < -0.39 is 0 Å². The first kappa shape index (κ1) is 18.7. The standard InChI is InChI=1S/C24H30N4O/c29-23-24(10-2-1-3-11-24)22(20-6-14-26-15-7-20)28(23)21-8-16-27(17-9-21)18-19-4-12-25-13-5-19/h4-7,12-15,21-22H,1-3,8-11,16-18H2. The number of piperidine rings is 1. The molecule has 1 saturated carbocycles. The number of rotatable bonds is 4. The third-order valence-electron chi connectivity index (χ3n) is 7.34. The largest absolute Gasteiger partial charge is 0.331 e. The number of hydrogen-bond donors (Lipinski definition) is 0. The second-order valence-electron chi connectivity index (χ2n) is 8.98. The molecule has 1 spiro atoms. The lowest BCUT2D eigenvalue weighted by atomic mass is 9.59. The van der Waals surface area contributed by atoms with Gasteiger partial charge in [-0.05, 0) is 61.1 Å². The highest BCUT2D eigenvalue weighted by molar-refractivity contribution is 5.91. The van der Waals surface area contributed by atoms with Crippen LogP contribution in [0.15, 0.2) is 49.1 Å². The van der Waals surface area contributed by atoms with Crippen molar-refractivity contribution in [2.24, 2.45) is 5.41 Å². The van der Waals surface area contributed by atoms with Crippen LogP contribution in [0.5, 0.6) is 0 Å². The summed E-state index contributed by atoms with van der Waals surface area (Å²) in [5, 5.41) is 0. The normalized spacial score (nSPS) is 25.2. The second kappa shape index (κ2) is 7.86. The Hall–Kier alpha value is -2.27. The van der Waals surface area contributed by atoms with E-state index >= 15 is 0 Å². The van der Waals surface area contributed by atoms with Crippen molar-refractivity contribution in [3.8, 4) is 0 Å². The van der Waals surface area contributed by atoms with Crippen LogP contribution in [0.25, 0.3) is 0 Å². The van der Waals surface area contributed by atoms with Crippen molar-refractivity contribution < 1.29 is 4.79 Å². The van der Waals surface area contributed by atoms with Crippen LogP contribution in [0.4, 0.5) is 0 Å². The lowest BCUT2D eigenvalue weighted by Gasteiger charge is -2.61. The van der Waals surface area contributed by atoms with Crippen LogP contribution in [0.2, 0.25) is 0 Å². The van der Waals surface area contributed by atoms with Gasteiger partial charge < -0.3 is 4.90 Å². The van der Waals surface area contributed by atoms with Crippen LogP contribution in [0.3, 0.4) is 0 Å². The van der Waals surface area contributed by atoms with Gasteiger partial charge in [0, 0.05) is 50.5 Å². The number of hydrogen-bond acceptors (Lipinski definition) is 4. The molecule has 1 aliphatic carbocycles. The zero-order valence-electron chi connectivity index (χ0n) is 17.0. The van der Waals surface area contributed by atoms with E-state index in [4.69, 9.17) is 0 Å². The summed E-state index contributed by atoms with van der Waals surface area (Å²) in [6.07, 6.45) is 15.4. The fourth-order valence-electron chi connectivity index (χ4n) is 5.87. The number of β-lactam (4-membered cyclic amide) rings is 1. The van der Waals surface area contributed by atoms with Gasteiger partial charge in [-0.1, -0.05) is 19.3 Å². The molecule has 0 bridgehead atoms. The lowest BCUT2D eigenvalue weighted by molar-refractivity contribution is -0.186. The van der Waals surface area contributed by atoms with E-state index in [2.05, 4.69) is 44.0 Å². The summed E-state index contributed by atoms with van der Waals surface area (Å²) in [6, 6.07) is 9.05. The van der Waals surface area contributed by atoms with Gasteiger partial charge >= 0.3 is 0 Å². The molecule has 3 aliphatic rings. The van der Waals surface area contributed by atoms with Crippen molar-refractivity contribution in [1.29, 1.82) is 0 Å². The number of amides is 1. The van der Waals surface area contributed by atoms with E-state index in [1.165, 1.54) is 30.4 Å². The highest BCUT2D eigenvalue weighted by Gasteiger charge is 2.62. The van der Waals surface area contributed by atoms with Crippen LogP contribution < -0.4 is 0 Å². The predicted molar refractivity (Wildman–Crippen MR) is 112 cm³/mol. The fourth-order valence-corrected chi connectivity index (χ4v) is 5.87. The quantitative estimate of drug-likeness (QED) is 0.741. The molecule has 2 saturated heterocycles. The molecule has 2 aromatic rings. The maximum absolute atomic E-state index is 13.5. The second-order valence-corrected chi connectivity index (χ2v) is 8.98. The number of pyridine rings is 2. The van der Waals surface area contributed by atoms with Crippen LogP contribution in [0.1, 0.15) is 62.1 Å². The first-order valence-electron chi connectivity index (χ1n) is 11.1. The van der Waals surface area contributed by atoms with Crippen LogP contribution in [-0.4, -0.2) is 44.8 Å². The number of likely N-dealkylation sites (tertiary alicyclic amines) is 2. The summed E-state index contributed by atoms with van der Waals surface area (Å²) in [7, 11) is 0. The maximum atomic E-state index is 13.5. The molecule has 29 heavy (non-hydrogen) atoms. The molecule has 3 fully saturated rings. The van der Waals surface area contributed by atoms with Gasteiger partial charge in [0.2, 0.25) is 5.91 Å². The summed E-state index contributed by atoms with van der Waals surface area (Å²) in [6.45, 7) is 3.07. The Morgan fingerprint density at radius 3 is 2.17 bits per heavy atom. The van der Waals surface area contributed by atoms with Crippen LogP contribution in [-0.2, 0) is 11.3 Å². The summed E-state index contributed by atoms with van der Waals surface area (Å²) < 4.78 is 0. The first-order chi connectivity index (χ1) is 14.3. The van der Waals surface area contributed by atoms with Crippen molar-refractivity contribution in [3.05, 3.63) is 60.2 Å².